The van der Waals surface area contributed by atoms with Crippen molar-refractivity contribution in [2.24, 2.45) is 4.99 Å². The molecule has 0 bridgehead atoms. The Balaban J connectivity index is 1.64. The predicted octanol–water partition coefficient (Wildman–Crippen LogP) is 7.28. The summed E-state index contributed by atoms with van der Waals surface area (Å²) < 4.78 is 32.5. The van der Waals surface area contributed by atoms with Crippen molar-refractivity contribution in [3.8, 4) is 11.5 Å². The van der Waals surface area contributed by atoms with Gasteiger partial charge in [-0.3, -0.25) is 4.99 Å². The molecule has 0 amide bonds. The molecule has 43 heavy (non-hydrogen) atoms. The Morgan fingerprint density at radius 3 is 2.05 bits per heavy atom. The Labute approximate surface area is 253 Å². The summed E-state index contributed by atoms with van der Waals surface area (Å²) >= 11 is 0. The van der Waals surface area contributed by atoms with Crippen LogP contribution in [0.1, 0.15) is 48.9 Å². The van der Waals surface area contributed by atoms with Crippen molar-refractivity contribution in [3.63, 3.8) is 0 Å². The first-order valence-corrected chi connectivity index (χ1v) is 14.7. The lowest BCUT2D eigenvalue weighted by atomic mass is 9.76. The van der Waals surface area contributed by atoms with Gasteiger partial charge in [0.05, 0.1) is 20.8 Å². The van der Waals surface area contributed by atoms with Gasteiger partial charge in [0.15, 0.2) is 0 Å². The fourth-order valence-corrected chi connectivity index (χ4v) is 5.67. The topological polar surface area (TPSA) is 64.1 Å². The molecule has 0 saturated carbocycles. The SMILES string of the molecule is CCCCNc1ccc(F)c(C2(C)COCC(NC(c3ccccc3)(c3ccc(OC)cc3)c3ccc(OC)cc3)=N2)c1. The molecule has 2 N–H and O–H groups in total. The lowest BCUT2D eigenvalue weighted by molar-refractivity contribution is 0.101. The highest BCUT2D eigenvalue weighted by molar-refractivity contribution is 5.87. The maximum absolute atomic E-state index is 15.4. The first kappa shape index (κ1) is 30.1. The third-order valence-corrected chi connectivity index (χ3v) is 7.99. The van der Waals surface area contributed by atoms with E-state index in [1.165, 1.54) is 6.07 Å². The van der Waals surface area contributed by atoms with E-state index in [1.807, 2.05) is 55.5 Å². The average molecular weight is 582 g/mol. The number of methoxy groups -OCH3 is 2. The van der Waals surface area contributed by atoms with E-state index in [4.69, 9.17) is 19.2 Å². The van der Waals surface area contributed by atoms with Crippen molar-refractivity contribution in [1.29, 1.82) is 0 Å². The summed E-state index contributed by atoms with van der Waals surface area (Å²) in [6.45, 7) is 5.42. The second-order valence-corrected chi connectivity index (χ2v) is 11.0. The molecular formula is C36H40FN3O3. The summed E-state index contributed by atoms with van der Waals surface area (Å²) in [5.74, 6) is 1.83. The Morgan fingerprint density at radius 2 is 1.47 bits per heavy atom. The number of ether oxygens (including phenoxy) is 3. The van der Waals surface area contributed by atoms with E-state index in [1.54, 1.807) is 20.3 Å². The van der Waals surface area contributed by atoms with E-state index in [2.05, 4.69) is 54.0 Å². The standard InChI is InChI=1S/C36H40FN3O3/c1-5-6-22-38-29-16-21-33(37)32(23-29)35(2)25-43-24-34(39-35)40-36(26-10-8-7-9-11-26,27-12-17-30(41-3)18-13-27)28-14-19-31(42-4)20-15-28/h7-21,23,38H,5-6,22,24-25H2,1-4H3,(H,39,40). The van der Waals surface area contributed by atoms with E-state index >= 15 is 4.39 Å². The number of halogens is 1. The van der Waals surface area contributed by atoms with Crippen LogP contribution < -0.4 is 20.1 Å². The summed E-state index contributed by atoms with van der Waals surface area (Å²) in [6, 6.07) is 31.4. The maximum atomic E-state index is 15.4. The van der Waals surface area contributed by atoms with Gasteiger partial charge in [-0.25, -0.2) is 4.39 Å². The molecule has 7 heteroatoms. The molecule has 1 atom stereocenters. The zero-order chi connectivity index (χ0) is 30.3. The number of nitrogens with zero attached hydrogens (tertiary/aromatic N) is 1. The number of rotatable bonds is 11. The molecule has 224 valence electrons. The van der Waals surface area contributed by atoms with Gasteiger partial charge in [-0.05, 0) is 72.5 Å². The molecule has 0 saturated heterocycles. The number of unbranched alkanes of at least 4 members (excludes halogenated alkanes) is 1. The monoisotopic (exact) mass is 581 g/mol. The minimum absolute atomic E-state index is 0.256. The van der Waals surface area contributed by atoms with Crippen molar-refractivity contribution in [3.05, 3.63) is 125 Å². The van der Waals surface area contributed by atoms with Gasteiger partial charge in [0.2, 0.25) is 0 Å². The zero-order valence-electron chi connectivity index (χ0n) is 25.3. The van der Waals surface area contributed by atoms with E-state index < -0.39 is 11.1 Å². The largest absolute Gasteiger partial charge is 0.497 e. The lowest BCUT2D eigenvalue weighted by Crippen LogP contribution is -2.51. The fraction of sp³-hybridized carbons (Fsp3) is 0.306. The molecule has 0 radical (unpaired) electrons. The van der Waals surface area contributed by atoms with Crippen LogP contribution in [-0.2, 0) is 15.8 Å². The second-order valence-electron chi connectivity index (χ2n) is 11.0. The molecule has 0 spiro atoms. The number of aliphatic imine (C=N–C) groups is 1. The van der Waals surface area contributed by atoms with E-state index in [0.29, 0.717) is 11.4 Å². The quantitative estimate of drug-likeness (QED) is 0.144. The number of hydrogen-bond donors (Lipinski definition) is 2. The Hall–Kier alpha value is -4.36. The van der Waals surface area contributed by atoms with Crippen LogP contribution in [0.25, 0.3) is 0 Å². The normalized spacial score (nSPS) is 16.7. The highest BCUT2D eigenvalue weighted by Gasteiger charge is 2.40. The number of nitrogens with one attached hydrogen (secondary N) is 2. The van der Waals surface area contributed by atoms with E-state index in [0.717, 1.165) is 53.3 Å². The molecule has 4 aromatic rings. The molecule has 0 aromatic heterocycles. The second kappa shape index (κ2) is 13.3. The summed E-state index contributed by atoms with van der Waals surface area (Å²) in [5, 5.41) is 7.21. The van der Waals surface area contributed by atoms with Gasteiger partial charge in [0, 0.05) is 17.8 Å². The van der Waals surface area contributed by atoms with Gasteiger partial charge < -0.3 is 24.8 Å². The van der Waals surface area contributed by atoms with Crippen molar-refractivity contribution in [2.45, 2.75) is 37.8 Å². The lowest BCUT2D eigenvalue weighted by Gasteiger charge is -2.40. The van der Waals surface area contributed by atoms with E-state index in [-0.39, 0.29) is 19.0 Å². The molecule has 4 aromatic carbocycles. The summed E-state index contributed by atoms with van der Waals surface area (Å²) in [5.41, 5.74) is 2.54. The van der Waals surface area contributed by atoms with Crippen LogP contribution >= 0.6 is 0 Å². The number of amidine groups is 1. The summed E-state index contributed by atoms with van der Waals surface area (Å²) in [7, 11) is 3.31. The molecule has 5 rings (SSSR count). The van der Waals surface area contributed by atoms with Crippen molar-refractivity contribution in [1.82, 2.24) is 5.32 Å². The van der Waals surface area contributed by atoms with Crippen LogP contribution in [-0.4, -0.2) is 39.8 Å². The molecule has 1 unspecified atom stereocenters. The number of hydrogen-bond acceptors (Lipinski definition) is 6. The van der Waals surface area contributed by atoms with Gasteiger partial charge in [-0.2, -0.15) is 0 Å². The summed E-state index contributed by atoms with van der Waals surface area (Å²) in [6.07, 6.45) is 2.12. The van der Waals surface area contributed by atoms with Gasteiger partial charge in [0.1, 0.15) is 40.8 Å². The van der Waals surface area contributed by atoms with Gasteiger partial charge >= 0.3 is 0 Å². The first-order chi connectivity index (χ1) is 20.9. The van der Waals surface area contributed by atoms with Crippen LogP contribution in [0.5, 0.6) is 11.5 Å². The predicted molar refractivity (Wildman–Crippen MR) is 171 cm³/mol. The van der Waals surface area contributed by atoms with Gasteiger partial charge in [-0.15, -0.1) is 0 Å². The van der Waals surface area contributed by atoms with Crippen LogP contribution in [0.2, 0.25) is 0 Å². The Morgan fingerprint density at radius 1 is 0.860 bits per heavy atom. The third kappa shape index (κ3) is 6.37. The van der Waals surface area contributed by atoms with Gasteiger partial charge in [-0.1, -0.05) is 67.9 Å². The first-order valence-electron chi connectivity index (χ1n) is 14.7. The van der Waals surface area contributed by atoms with Crippen molar-refractivity contribution in [2.75, 3.05) is 39.3 Å². The van der Waals surface area contributed by atoms with Crippen LogP contribution in [0.15, 0.2) is 102 Å². The molecule has 1 heterocycles. The molecule has 1 aliphatic rings. The van der Waals surface area contributed by atoms with E-state index in [9.17, 15) is 0 Å². The fourth-order valence-electron chi connectivity index (χ4n) is 5.67. The smallest absolute Gasteiger partial charge is 0.129 e. The Kier molecular flexibility index (Phi) is 9.31. The Bertz CT molecular complexity index is 1480. The van der Waals surface area contributed by atoms with Crippen molar-refractivity contribution < 1.29 is 18.6 Å². The third-order valence-electron chi connectivity index (χ3n) is 7.99. The highest BCUT2D eigenvalue weighted by atomic mass is 19.1. The zero-order valence-corrected chi connectivity index (χ0v) is 25.3. The number of anilines is 1. The van der Waals surface area contributed by atoms with Gasteiger partial charge in [0.25, 0.3) is 0 Å². The molecule has 6 nitrogen and oxygen atoms in total. The van der Waals surface area contributed by atoms with Crippen LogP contribution in [0.3, 0.4) is 0 Å². The molecule has 1 aliphatic heterocycles. The molecular weight excluding hydrogens is 541 g/mol. The minimum Gasteiger partial charge on any atom is -0.497 e. The highest BCUT2D eigenvalue weighted by Crippen LogP contribution is 2.40. The van der Waals surface area contributed by atoms with Crippen LogP contribution in [0, 0.1) is 5.82 Å². The number of benzene rings is 4. The minimum atomic E-state index is -0.935. The average Bonchev–Trinajstić information content (AvgIpc) is 3.05. The summed E-state index contributed by atoms with van der Waals surface area (Å²) in [4.78, 5) is 5.17. The molecule has 0 fully saturated rings. The van der Waals surface area contributed by atoms with Crippen LogP contribution in [0.4, 0.5) is 10.1 Å². The maximum Gasteiger partial charge on any atom is 0.129 e. The molecule has 0 aliphatic carbocycles. The van der Waals surface area contributed by atoms with Crippen molar-refractivity contribution >= 4 is 11.5 Å².